The van der Waals surface area contributed by atoms with Crippen molar-refractivity contribution < 1.29 is 13.2 Å². The highest BCUT2D eigenvalue weighted by Gasteiger charge is 2.20. The Morgan fingerprint density at radius 1 is 1.40 bits per heavy atom. The second-order valence-electron chi connectivity index (χ2n) is 3.05. The fourth-order valence-corrected chi connectivity index (χ4v) is 1.66. The summed E-state index contributed by atoms with van der Waals surface area (Å²) in [6, 6.07) is 2.77. The lowest BCUT2D eigenvalue weighted by Crippen LogP contribution is -2.42. The zero-order valence-electron chi connectivity index (χ0n) is 7.68. The Labute approximate surface area is 93.8 Å². The molecule has 0 aliphatic rings. The maximum atomic E-state index is 12.7. The number of hydrogen-bond acceptors (Lipinski definition) is 2. The second kappa shape index (κ2) is 5.48. The van der Waals surface area contributed by atoms with Gasteiger partial charge in [-0.1, -0.05) is 22.0 Å². The highest BCUT2D eigenvalue weighted by atomic mass is 79.9. The number of hydrazine groups is 1. The van der Waals surface area contributed by atoms with Crippen LogP contribution in [0.2, 0.25) is 0 Å². The smallest absolute Gasteiger partial charge is 0.255 e. The minimum absolute atomic E-state index is 0.0367. The van der Waals surface area contributed by atoms with Crippen LogP contribution in [0, 0.1) is 5.82 Å². The van der Waals surface area contributed by atoms with Gasteiger partial charge in [0.2, 0.25) is 0 Å². The Kier molecular flexibility index (Phi) is 4.56. The van der Waals surface area contributed by atoms with E-state index in [0.29, 0.717) is 10.0 Å². The first kappa shape index (κ1) is 12.5. The van der Waals surface area contributed by atoms with E-state index in [1.54, 1.807) is 0 Å². The first-order valence-electron chi connectivity index (χ1n) is 4.22. The van der Waals surface area contributed by atoms with Crippen molar-refractivity contribution in [2.75, 3.05) is 0 Å². The third-order valence-electron chi connectivity index (χ3n) is 1.97. The summed E-state index contributed by atoms with van der Waals surface area (Å²) in [4.78, 5) is 0. The maximum Gasteiger partial charge on any atom is 0.255 e. The van der Waals surface area contributed by atoms with Crippen LogP contribution in [0.25, 0.3) is 0 Å². The van der Waals surface area contributed by atoms with E-state index in [-0.39, 0.29) is 6.42 Å². The van der Waals surface area contributed by atoms with E-state index < -0.39 is 18.3 Å². The van der Waals surface area contributed by atoms with Gasteiger partial charge in [-0.15, -0.1) is 0 Å². The lowest BCUT2D eigenvalue weighted by molar-refractivity contribution is 0.0983. The second-order valence-corrected chi connectivity index (χ2v) is 3.90. The van der Waals surface area contributed by atoms with Crippen molar-refractivity contribution in [1.82, 2.24) is 5.43 Å². The Morgan fingerprint density at radius 3 is 2.53 bits per heavy atom. The quantitative estimate of drug-likeness (QED) is 0.657. The van der Waals surface area contributed by atoms with Gasteiger partial charge in [-0.2, -0.15) is 0 Å². The van der Waals surface area contributed by atoms with Crippen LogP contribution in [-0.4, -0.2) is 12.5 Å². The molecule has 84 valence electrons. The molecule has 15 heavy (non-hydrogen) atoms. The fourth-order valence-electron chi connectivity index (χ4n) is 1.14. The largest absolute Gasteiger partial charge is 0.271 e. The van der Waals surface area contributed by atoms with E-state index >= 15 is 0 Å². The Bertz CT molecular complexity index is 333. The molecule has 0 fully saturated rings. The lowest BCUT2D eigenvalue weighted by Gasteiger charge is -2.15. The molecule has 1 aromatic carbocycles. The minimum atomic E-state index is -2.56. The lowest BCUT2D eigenvalue weighted by atomic mass is 10.1. The van der Waals surface area contributed by atoms with E-state index in [2.05, 4.69) is 15.9 Å². The molecule has 0 spiro atoms. The molecule has 0 saturated carbocycles. The zero-order valence-corrected chi connectivity index (χ0v) is 9.27. The number of benzene rings is 1. The van der Waals surface area contributed by atoms with Crippen LogP contribution >= 0.6 is 15.9 Å². The molecule has 2 nitrogen and oxygen atoms in total. The monoisotopic (exact) mass is 282 g/mol. The van der Waals surface area contributed by atoms with Crippen molar-refractivity contribution >= 4 is 15.9 Å². The van der Waals surface area contributed by atoms with Crippen LogP contribution in [0.1, 0.15) is 5.56 Å². The van der Waals surface area contributed by atoms with Gasteiger partial charge in [-0.25, -0.2) is 13.2 Å². The van der Waals surface area contributed by atoms with E-state index in [1.165, 1.54) is 18.2 Å². The van der Waals surface area contributed by atoms with E-state index in [9.17, 15) is 13.2 Å². The van der Waals surface area contributed by atoms with Gasteiger partial charge < -0.3 is 0 Å². The van der Waals surface area contributed by atoms with Crippen molar-refractivity contribution in [3.05, 3.63) is 34.1 Å². The molecule has 1 unspecified atom stereocenters. The summed E-state index contributed by atoms with van der Waals surface area (Å²) < 4.78 is 37.9. The summed E-state index contributed by atoms with van der Waals surface area (Å²) in [5.74, 6) is 4.57. The maximum absolute atomic E-state index is 12.7. The molecule has 0 aliphatic heterocycles. The van der Waals surface area contributed by atoms with Gasteiger partial charge in [0.25, 0.3) is 6.43 Å². The molecule has 0 saturated heterocycles. The van der Waals surface area contributed by atoms with Gasteiger partial charge in [-0.05, 0) is 24.1 Å². The molecular weight excluding hydrogens is 273 g/mol. The van der Waals surface area contributed by atoms with Crippen LogP contribution in [0.3, 0.4) is 0 Å². The van der Waals surface area contributed by atoms with Crippen molar-refractivity contribution in [1.29, 1.82) is 0 Å². The van der Waals surface area contributed by atoms with Gasteiger partial charge in [0.05, 0.1) is 6.04 Å². The Hall–Kier alpha value is -0.590. The molecule has 1 atom stereocenters. The van der Waals surface area contributed by atoms with Gasteiger partial charge in [-0.3, -0.25) is 11.3 Å². The van der Waals surface area contributed by atoms with Gasteiger partial charge in [0, 0.05) is 4.47 Å². The molecule has 6 heteroatoms. The molecule has 3 N–H and O–H groups in total. The Morgan fingerprint density at radius 2 is 2.07 bits per heavy atom. The molecule has 0 aromatic heterocycles. The normalized spacial score (nSPS) is 13.2. The fraction of sp³-hybridized carbons (Fsp3) is 0.333. The number of rotatable bonds is 4. The standard InChI is InChI=1S/C9H10BrF3N2/c10-7-4-6(11)2-1-5(7)3-8(15-14)9(12)13/h1-2,4,8-9,15H,3,14H2. The summed E-state index contributed by atoms with van der Waals surface area (Å²) >= 11 is 3.10. The first-order valence-corrected chi connectivity index (χ1v) is 5.02. The van der Waals surface area contributed by atoms with Crippen molar-refractivity contribution in [2.24, 2.45) is 5.84 Å². The van der Waals surface area contributed by atoms with E-state index in [0.717, 1.165) is 0 Å². The average Bonchev–Trinajstić information content (AvgIpc) is 2.16. The van der Waals surface area contributed by atoms with E-state index in [1.807, 2.05) is 5.43 Å². The van der Waals surface area contributed by atoms with Crippen LogP contribution in [0.15, 0.2) is 22.7 Å². The summed E-state index contributed by atoms with van der Waals surface area (Å²) in [7, 11) is 0. The minimum Gasteiger partial charge on any atom is -0.271 e. The third-order valence-corrected chi connectivity index (χ3v) is 2.71. The zero-order chi connectivity index (χ0) is 11.4. The predicted molar refractivity (Wildman–Crippen MR) is 54.9 cm³/mol. The van der Waals surface area contributed by atoms with Crippen molar-refractivity contribution in [2.45, 2.75) is 18.9 Å². The summed E-state index contributed by atoms with van der Waals surface area (Å²) in [5.41, 5.74) is 2.61. The number of halogens is 4. The van der Waals surface area contributed by atoms with Gasteiger partial charge >= 0.3 is 0 Å². The van der Waals surface area contributed by atoms with Crippen molar-refractivity contribution in [3.8, 4) is 0 Å². The highest BCUT2D eigenvalue weighted by molar-refractivity contribution is 9.10. The first-order chi connectivity index (χ1) is 7.04. The molecule has 0 radical (unpaired) electrons. The number of hydrogen-bond donors (Lipinski definition) is 2. The van der Waals surface area contributed by atoms with Crippen LogP contribution in [0.5, 0.6) is 0 Å². The van der Waals surface area contributed by atoms with Gasteiger partial charge in [0.15, 0.2) is 0 Å². The SMILES string of the molecule is NNC(Cc1ccc(F)cc1Br)C(F)F. The highest BCUT2D eigenvalue weighted by Crippen LogP contribution is 2.20. The topological polar surface area (TPSA) is 38.0 Å². The molecular formula is C9H10BrF3N2. The van der Waals surface area contributed by atoms with Crippen LogP contribution < -0.4 is 11.3 Å². The number of alkyl halides is 2. The number of nitrogens with two attached hydrogens (primary N) is 1. The number of nitrogens with one attached hydrogen (secondary N) is 1. The summed E-state index contributed by atoms with van der Waals surface area (Å²) in [5, 5.41) is 0. The van der Waals surface area contributed by atoms with Gasteiger partial charge in [0.1, 0.15) is 5.82 Å². The predicted octanol–water partition coefficient (Wildman–Crippen LogP) is 2.23. The molecule has 1 aromatic rings. The van der Waals surface area contributed by atoms with E-state index in [4.69, 9.17) is 5.84 Å². The molecule has 0 aliphatic carbocycles. The van der Waals surface area contributed by atoms with Crippen molar-refractivity contribution in [3.63, 3.8) is 0 Å². The van der Waals surface area contributed by atoms with Crippen LogP contribution in [-0.2, 0) is 6.42 Å². The Balaban J connectivity index is 2.79. The summed E-state index contributed by atoms with van der Waals surface area (Å²) in [6.07, 6.45) is -2.53. The molecule has 0 heterocycles. The van der Waals surface area contributed by atoms with Crippen LogP contribution in [0.4, 0.5) is 13.2 Å². The average molecular weight is 283 g/mol. The molecule has 0 amide bonds. The molecule has 1 rings (SSSR count). The molecule has 0 bridgehead atoms. The summed E-state index contributed by atoms with van der Waals surface area (Å²) in [6.45, 7) is 0. The third kappa shape index (κ3) is 3.48.